The van der Waals surface area contributed by atoms with Crippen molar-refractivity contribution in [1.82, 2.24) is 10.2 Å². The minimum atomic E-state index is -0.114. The van der Waals surface area contributed by atoms with Crippen LogP contribution in [-0.2, 0) is 6.54 Å². The average molecular weight is 208 g/mol. The van der Waals surface area contributed by atoms with Gasteiger partial charge in [0.05, 0.1) is 0 Å². The Morgan fingerprint density at radius 1 is 1.47 bits per heavy atom. The van der Waals surface area contributed by atoms with Crippen LogP contribution in [0.2, 0.25) is 0 Å². The van der Waals surface area contributed by atoms with Gasteiger partial charge in [-0.3, -0.25) is 0 Å². The molecule has 1 aromatic carbocycles. The highest BCUT2D eigenvalue weighted by atomic mass is 19.1. The van der Waals surface area contributed by atoms with Gasteiger partial charge in [-0.2, -0.15) is 0 Å². The van der Waals surface area contributed by atoms with Crippen molar-refractivity contribution in [2.45, 2.75) is 19.0 Å². The smallest absolute Gasteiger partial charge is 0.127 e. The molecule has 0 aromatic heterocycles. The molecule has 0 radical (unpaired) electrons. The molecule has 1 heterocycles. The Morgan fingerprint density at radius 3 is 2.93 bits per heavy atom. The molecule has 0 bridgehead atoms. The molecule has 1 aliphatic heterocycles. The molecule has 1 N–H and O–H groups in total. The van der Waals surface area contributed by atoms with Gasteiger partial charge in [0.2, 0.25) is 0 Å². The second-order valence-corrected chi connectivity index (χ2v) is 4.22. The number of rotatable bonds is 3. The summed E-state index contributed by atoms with van der Waals surface area (Å²) in [7, 11) is 2.12. The first-order valence-corrected chi connectivity index (χ1v) is 5.41. The van der Waals surface area contributed by atoms with Crippen molar-refractivity contribution in [1.29, 1.82) is 0 Å². The van der Waals surface area contributed by atoms with Gasteiger partial charge in [-0.25, -0.2) is 4.39 Å². The van der Waals surface area contributed by atoms with Crippen LogP contribution in [0.25, 0.3) is 0 Å². The maximum Gasteiger partial charge on any atom is 0.127 e. The van der Waals surface area contributed by atoms with Crippen molar-refractivity contribution >= 4 is 0 Å². The molecule has 82 valence electrons. The molecule has 1 fully saturated rings. The van der Waals surface area contributed by atoms with E-state index < -0.39 is 0 Å². The molecular weight excluding hydrogens is 191 g/mol. The molecule has 3 heteroatoms. The van der Waals surface area contributed by atoms with Crippen LogP contribution in [0.4, 0.5) is 4.39 Å². The fraction of sp³-hybridized carbons (Fsp3) is 0.500. The number of hydrogen-bond donors (Lipinski definition) is 1. The first-order chi connectivity index (χ1) is 7.25. The highest BCUT2D eigenvalue weighted by Gasteiger charge is 2.18. The van der Waals surface area contributed by atoms with E-state index in [2.05, 4.69) is 17.3 Å². The monoisotopic (exact) mass is 208 g/mol. The van der Waals surface area contributed by atoms with Crippen LogP contribution >= 0.6 is 0 Å². The van der Waals surface area contributed by atoms with Gasteiger partial charge in [0.1, 0.15) is 5.82 Å². The zero-order valence-electron chi connectivity index (χ0n) is 9.04. The lowest BCUT2D eigenvalue weighted by molar-refractivity contribution is 0.397. The third-order valence-corrected chi connectivity index (χ3v) is 2.93. The Kier molecular flexibility index (Phi) is 3.34. The minimum Gasteiger partial charge on any atom is -0.308 e. The molecule has 1 aliphatic rings. The summed E-state index contributed by atoms with van der Waals surface area (Å²) in [6.45, 7) is 2.83. The summed E-state index contributed by atoms with van der Waals surface area (Å²) < 4.78 is 13.3. The van der Waals surface area contributed by atoms with Gasteiger partial charge in [0.25, 0.3) is 0 Å². The fourth-order valence-corrected chi connectivity index (χ4v) is 2.00. The Labute approximate surface area is 90.1 Å². The van der Waals surface area contributed by atoms with Crippen molar-refractivity contribution in [3.63, 3.8) is 0 Å². The van der Waals surface area contributed by atoms with Crippen LogP contribution in [0.15, 0.2) is 24.3 Å². The summed E-state index contributed by atoms with van der Waals surface area (Å²) in [5.74, 6) is -0.114. The van der Waals surface area contributed by atoms with Crippen LogP contribution in [-0.4, -0.2) is 31.1 Å². The second kappa shape index (κ2) is 4.73. The molecule has 0 amide bonds. The zero-order chi connectivity index (χ0) is 10.7. The molecule has 0 unspecified atom stereocenters. The van der Waals surface area contributed by atoms with Crippen LogP contribution in [0.5, 0.6) is 0 Å². The summed E-state index contributed by atoms with van der Waals surface area (Å²) in [5.41, 5.74) is 0.757. The van der Waals surface area contributed by atoms with Crippen LogP contribution in [0, 0.1) is 5.82 Å². The number of halogens is 1. The van der Waals surface area contributed by atoms with Crippen molar-refractivity contribution < 1.29 is 4.39 Å². The summed E-state index contributed by atoms with van der Waals surface area (Å²) >= 11 is 0. The Balaban J connectivity index is 1.86. The molecule has 1 atom stereocenters. The van der Waals surface area contributed by atoms with E-state index in [1.807, 2.05) is 12.1 Å². The van der Waals surface area contributed by atoms with E-state index in [4.69, 9.17) is 0 Å². The van der Waals surface area contributed by atoms with E-state index in [1.165, 1.54) is 6.07 Å². The number of nitrogens with zero attached hydrogens (tertiary/aromatic N) is 1. The Hall–Kier alpha value is -0.930. The lowest BCUT2D eigenvalue weighted by atomic mass is 10.2. The standard InChI is InChI=1S/C12H17FN2/c1-15-7-6-11(9-15)14-8-10-4-2-3-5-12(10)13/h2-5,11,14H,6-9H2,1H3/t11-/m1/s1. The molecule has 2 nitrogen and oxygen atoms in total. The van der Waals surface area contributed by atoms with Crippen molar-refractivity contribution in [2.75, 3.05) is 20.1 Å². The number of likely N-dealkylation sites (N-methyl/N-ethyl adjacent to an activating group) is 1. The molecule has 0 saturated carbocycles. The van der Waals surface area contributed by atoms with Gasteiger partial charge in [-0.05, 0) is 26.1 Å². The minimum absolute atomic E-state index is 0.114. The van der Waals surface area contributed by atoms with Gasteiger partial charge in [0.15, 0.2) is 0 Å². The Bertz CT molecular complexity index is 327. The van der Waals surface area contributed by atoms with Crippen molar-refractivity contribution in [3.8, 4) is 0 Å². The zero-order valence-corrected chi connectivity index (χ0v) is 9.04. The van der Waals surface area contributed by atoms with E-state index in [1.54, 1.807) is 6.07 Å². The number of likely N-dealkylation sites (tertiary alicyclic amines) is 1. The third kappa shape index (κ3) is 2.76. The van der Waals surface area contributed by atoms with Gasteiger partial charge in [-0.15, -0.1) is 0 Å². The molecule has 1 aromatic rings. The molecule has 15 heavy (non-hydrogen) atoms. The summed E-state index contributed by atoms with van der Waals surface area (Å²) in [6.07, 6.45) is 1.16. The van der Waals surface area contributed by atoms with Crippen LogP contribution < -0.4 is 5.32 Å². The van der Waals surface area contributed by atoms with E-state index in [0.29, 0.717) is 12.6 Å². The lowest BCUT2D eigenvalue weighted by Crippen LogP contribution is -2.31. The highest BCUT2D eigenvalue weighted by Crippen LogP contribution is 2.09. The first-order valence-electron chi connectivity index (χ1n) is 5.41. The summed E-state index contributed by atoms with van der Waals surface area (Å²) in [4.78, 5) is 2.29. The topological polar surface area (TPSA) is 15.3 Å². The second-order valence-electron chi connectivity index (χ2n) is 4.22. The molecule has 2 rings (SSSR count). The molecule has 1 saturated heterocycles. The maximum atomic E-state index is 13.3. The van der Waals surface area contributed by atoms with Crippen molar-refractivity contribution in [2.24, 2.45) is 0 Å². The largest absolute Gasteiger partial charge is 0.308 e. The van der Waals surface area contributed by atoms with Crippen LogP contribution in [0.1, 0.15) is 12.0 Å². The van der Waals surface area contributed by atoms with Crippen LogP contribution in [0.3, 0.4) is 0 Å². The summed E-state index contributed by atoms with van der Waals surface area (Å²) in [5, 5.41) is 3.39. The predicted octanol–water partition coefficient (Wildman–Crippen LogP) is 1.62. The normalized spacial score (nSPS) is 22.1. The van der Waals surface area contributed by atoms with E-state index in [0.717, 1.165) is 25.1 Å². The number of nitrogens with one attached hydrogen (secondary N) is 1. The number of benzene rings is 1. The summed E-state index contributed by atoms with van der Waals surface area (Å²) in [6, 6.07) is 7.46. The SMILES string of the molecule is CN1CC[C@@H](NCc2ccccc2F)C1. The highest BCUT2D eigenvalue weighted by molar-refractivity contribution is 5.17. The Morgan fingerprint density at radius 2 is 2.27 bits per heavy atom. The third-order valence-electron chi connectivity index (χ3n) is 2.93. The first kappa shape index (κ1) is 10.6. The van der Waals surface area contributed by atoms with E-state index in [-0.39, 0.29) is 5.82 Å². The fourth-order valence-electron chi connectivity index (χ4n) is 2.00. The van der Waals surface area contributed by atoms with E-state index >= 15 is 0 Å². The number of hydrogen-bond acceptors (Lipinski definition) is 2. The average Bonchev–Trinajstić information content (AvgIpc) is 2.63. The van der Waals surface area contributed by atoms with Gasteiger partial charge in [0, 0.05) is 24.7 Å². The molecule has 0 aliphatic carbocycles. The van der Waals surface area contributed by atoms with Gasteiger partial charge < -0.3 is 10.2 Å². The maximum absolute atomic E-state index is 13.3. The van der Waals surface area contributed by atoms with Gasteiger partial charge in [-0.1, -0.05) is 18.2 Å². The van der Waals surface area contributed by atoms with Gasteiger partial charge >= 0.3 is 0 Å². The quantitative estimate of drug-likeness (QED) is 0.812. The van der Waals surface area contributed by atoms with Crippen molar-refractivity contribution in [3.05, 3.63) is 35.6 Å². The van der Waals surface area contributed by atoms with E-state index in [9.17, 15) is 4.39 Å². The predicted molar refractivity (Wildman–Crippen MR) is 59.1 cm³/mol. The molecular formula is C12H17FN2. The lowest BCUT2D eigenvalue weighted by Gasteiger charge is -2.12. The molecule has 0 spiro atoms.